The van der Waals surface area contributed by atoms with Crippen molar-refractivity contribution < 1.29 is 18.4 Å². The summed E-state index contributed by atoms with van der Waals surface area (Å²) in [6.07, 6.45) is 6.88. The molecule has 32 heavy (non-hydrogen) atoms. The van der Waals surface area contributed by atoms with E-state index in [9.17, 15) is 9.59 Å². The molecule has 1 N–H and O–H groups in total. The number of carbonyl (C=O) groups excluding carboxylic acids is 1. The maximum absolute atomic E-state index is 12.2. The quantitative estimate of drug-likeness (QED) is 0.215. The highest BCUT2D eigenvalue weighted by atomic mass is 16.5. The summed E-state index contributed by atoms with van der Waals surface area (Å²) in [6, 6.07) is 7.08. The Morgan fingerprint density at radius 1 is 1.12 bits per heavy atom. The molecule has 1 amide bonds. The van der Waals surface area contributed by atoms with Crippen LogP contribution >= 0.6 is 0 Å². The van der Waals surface area contributed by atoms with E-state index in [2.05, 4.69) is 32.4 Å². The number of unbranched alkanes of at least 4 members (excludes halogenated alkanes) is 2. The van der Waals surface area contributed by atoms with Crippen molar-refractivity contribution in [2.75, 3.05) is 40.3 Å². The van der Waals surface area contributed by atoms with E-state index in [1.807, 2.05) is 26.0 Å². The smallest absolute Gasteiger partial charge is 0.336 e. The molecule has 0 atom stereocenters. The van der Waals surface area contributed by atoms with Crippen LogP contribution in [0.25, 0.3) is 11.0 Å². The van der Waals surface area contributed by atoms with E-state index in [0.29, 0.717) is 29.6 Å². The predicted molar refractivity (Wildman–Crippen MR) is 130 cm³/mol. The molecule has 1 aromatic carbocycles. The number of fused-ring (bicyclic) bond motifs is 1. The van der Waals surface area contributed by atoms with Gasteiger partial charge in [-0.3, -0.25) is 4.79 Å². The van der Waals surface area contributed by atoms with Crippen molar-refractivity contribution in [3.8, 4) is 5.75 Å². The molecule has 0 saturated carbocycles. The van der Waals surface area contributed by atoms with Gasteiger partial charge in [-0.05, 0) is 44.9 Å². The number of amides is 1. The lowest BCUT2D eigenvalue weighted by atomic mass is 10.1. The van der Waals surface area contributed by atoms with Crippen LogP contribution in [0.2, 0.25) is 0 Å². The van der Waals surface area contributed by atoms with Crippen molar-refractivity contribution in [2.45, 2.75) is 52.9 Å². The molecule has 2 aromatic rings. The zero-order valence-electron chi connectivity index (χ0n) is 20.3. The van der Waals surface area contributed by atoms with E-state index >= 15 is 0 Å². The van der Waals surface area contributed by atoms with Crippen molar-refractivity contribution >= 4 is 16.9 Å². The predicted octanol–water partition coefficient (Wildman–Crippen LogP) is 4.45. The normalized spacial score (nSPS) is 11.4. The molecule has 1 aromatic heterocycles. The number of quaternary nitrogens is 1. The van der Waals surface area contributed by atoms with Gasteiger partial charge in [0.05, 0.1) is 27.2 Å². The maximum Gasteiger partial charge on any atom is 0.336 e. The van der Waals surface area contributed by atoms with Crippen molar-refractivity contribution in [1.82, 2.24) is 5.32 Å². The second-order valence-electron chi connectivity index (χ2n) is 9.28. The lowest BCUT2D eigenvalue weighted by molar-refractivity contribution is -0.882. The monoisotopic (exact) mass is 443 g/mol. The van der Waals surface area contributed by atoms with Crippen LogP contribution < -0.4 is 15.7 Å². The highest BCUT2D eigenvalue weighted by Gasteiger charge is 2.20. The van der Waals surface area contributed by atoms with E-state index in [4.69, 9.17) is 9.15 Å². The molecule has 1 heterocycles. The highest BCUT2D eigenvalue weighted by molar-refractivity contribution is 5.82. The Labute approximate surface area is 191 Å². The van der Waals surface area contributed by atoms with Gasteiger partial charge < -0.3 is 19.0 Å². The van der Waals surface area contributed by atoms with Crippen molar-refractivity contribution in [3.63, 3.8) is 0 Å². The number of hydrogen-bond donors (Lipinski definition) is 1. The fraction of sp³-hybridized carbons (Fsp3) is 0.538. The van der Waals surface area contributed by atoms with Crippen LogP contribution in [0.3, 0.4) is 0 Å². The van der Waals surface area contributed by atoms with E-state index in [1.165, 1.54) is 11.6 Å². The van der Waals surface area contributed by atoms with Gasteiger partial charge in [0.1, 0.15) is 11.3 Å². The summed E-state index contributed by atoms with van der Waals surface area (Å²) in [6.45, 7) is 8.81. The lowest BCUT2D eigenvalue weighted by Crippen LogP contribution is -2.48. The second-order valence-corrected chi connectivity index (χ2v) is 9.28. The van der Waals surface area contributed by atoms with Gasteiger partial charge in [-0.15, -0.1) is 0 Å². The number of ether oxygens (including phenoxy) is 1. The standard InChI is InChI=1S/C26H38N2O4/c1-6-7-8-16-27-24(29)19-28(4,5)17-9-18-31-23-14-11-21-12-15-25(30)32-26(21)22(23)13-10-20(2)3/h10-12,14-15H,6-9,13,16-19H2,1-5H3/p+1. The number of allylic oxidation sites excluding steroid dienone is 2. The SMILES string of the molecule is CCCCCNC(=O)C[N+](C)(C)CCCOc1ccc2ccc(=O)oc2c1CC=C(C)C. The van der Waals surface area contributed by atoms with E-state index in [-0.39, 0.29) is 11.5 Å². The molecule has 6 nitrogen and oxygen atoms in total. The number of benzene rings is 1. The first-order valence-corrected chi connectivity index (χ1v) is 11.6. The summed E-state index contributed by atoms with van der Waals surface area (Å²) in [5.74, 6) is 0.837. The fourth-order valence-corrected chi connectivity index (χ4v) is 3.61. The van der Waals surface area contributed by atoms with E-state index < -0.39 is 0 Å². The number of nitrogens with zero attached hydrogens (tertiary/aromatic N) is 1. The van der Waals surface area contributed by atoms with Gasteiger partial charge in [-0.1, -0.05) is 31.4 Å². The largest absolute Gasteiger partial charge is 0.493 e. The summed E-state index contributed by atoms with van der Waals surface area (Å²) in [5, 5.41) is 3.90. The zero-order chi connectivity index (χ0) is 23.6. The minimum Gasteiger partial charge on any atom is -0.493 e. The van der Waals surface area contributed by atoms with Crippen LogP contribution in [-0.4, -0.2) is 50.7 Å². The molecule has 2 rings (SSSR count). The van der Waals surface area contributed by atoms with Crippen LogP contribution in [0.15, 0.2) is 45.1 Å². The van der Waals surface area contributed by atoms with E-state index in [1.54, 1.807) is 6.07 Å². The summed E-state index contributed by atoms with van der Waals surface area (Å²) >= 11 is 0. The molecule has 176 valence electrons. The molecule has 0 aliphatic rings. The third kappa shape index (κ3) is 8.50. The average Bonchev–Trinajstić information content (AvgIpc) is 2.72. The first-order valence-electron chi connectivity index (χ1n) is 11.6. The Kier molecular flexibility index (Phi) is 9.97. The van der Waals surface area contributed by atoms with Crippen molar-refractivity contribution in [3.05, 3.63) is 51.9 Å². The fourth-order valence-electron chi connectivity index (χ4n) is 3.61. The molecule has 6 heteroatoms. The Balaban J connectivity index is 1.96. The first kappa shape index (κ1) is 25.7. The van der Waals surface area contributed by atoms with Crippen molar-refractivity contribution in [1.29, 1.82) is 0 Å². The molecule has 0 bridgehead atoms. The zero-order valence-corrected chi connectivity index (χ0v) is 20.3. The molecule has 0 aliphatic heterocycles. The summed E-state index contributed by atoms with van der Waals surface area (Å²) < 4.78 is 12.2. The van der Waals surface area contributed by atoms with Gasteiger partial charge in [0.15, 0.2) is 6.54 Å². The number of carbonyl (C=O) groups is 1. The second kappa shape index (κ2) is 12.4. The number of hydrogen-bond acceptors (Lipinski definition) is 4. The van der Waals surface area contributed by atoms with Crippen LogP contribution in [0, 0.1) is 0 Å². The maximum atomic E-state index is 12.2. The Morgan fingerprint density at radius 3 is 2.59 bits per heavy atom. The molecule has 0 spiro atoms. The topological polar surface area (TPSA) is 68.5 Å². The summed E-state index contributed by atoms with van der Waals surface area (Å²) in [4.78, 5) is 24.0. The Bertz CT molecular complexity index is 971. The van der Waals surface area contributed by atoms with E-state index in [0.717, 1.165) is 55.5 Å². The summed E-state index contributed by atoms with van der Waals surface area (Å²) in [7, 11) is 4.13. The molecule has 0 fully saturated rings. The number of rotatable bonds is 13. The highest BCUT2D eigenvalue weighted by Crippen LogP contribution is 2.28. The van der Waals surface area contributed by atoms with Gasteiger partial charge in [0.25, 0.3) is 5.91 Å². The molecule has 0 radical (unpaired) electrons. The minimum atomic E-state index is -0.361. The lowest BCUT2D eigenvalue weighted by Gasteiger charge is -2.29. The third-order valence-electron chi connectivity index (χ3n) is 5.40. The van der Waals surface area contributed by atoms with Gasteiger partial charge in [-0.25, -0.2) is 4.79 Å². The van der Waals surface area contributed by atoms with Gasteiger partial charge >= 0.3 is 5.63 Å². The third-order valence-corrected chi connectivity index (χ3v) is 5.40. The summed E-state index contributed by atoms with van der Waals surface area (Å²) in [5.41, 5.74) is 2.31. The number of nitrogens with one attached hydrogen (secondary N) is 1. The number of likely N-dealkylation sites (N-methyl/N-ethyl adjacent to an activating group) is 1. The molecular formula is C26H39N2O4+. The molecule has 0 saturated heterocycles. The van der Waals surface area contributed by atoms with Gasteiger partial charge in [-0.2, -0.15) is 0 Å². The van der Waals surface area contributed by atoms with Crippen LogP contribution in [-0.2, 0) is 11.2 Å². The Morgan fingerprint density at radius 2 is 1.88 bits per heavy atom. The molecule has 0 unspecified atom stereocenters. The van der Waals surface area contributed by atoms with Gasteiger partial charge in [0, 0.05) is 30.0 Å². The molecule has 0 aliphatic carbocycles. The average molecular weight is 444 g/mol. The minimum absolute atomic E-state index is 0.0978. The Hall–Kier alpha value is -2.60. The van der Waals surface area contributed by atoms with Gasteiger partial charge in [0.2, 0.25) is 0 Å². The van der Waals surface area contributed by atoms with Crippen LogP contribution in [0.4, 0.5) is 0 Å². The molecular weight excluding hydrogens is 404 g/mol. The first-order chi connectivity index (χ1) is 15.2. The van der Waals surface area contributed by atoms with Crippen LogP contribution in [0.5, 0.6) is 5.75 Å². The van der Waals surface area contributed by atoms with Crippen molar-refractivity contribution in [2.24, 2.45) is 0 Å². The van der Waals surface area contributed by atoms with Crippen LogP contribution in [0.1, 0.15) is 52.0 Å².